The number of hydrogen-bond donors (Lipinski definition) is 2. The van der Waals surface area contributed by atoms with Crippen LogP contribution in [0.4, 0.5) is 0 Å². The van der Waals surface area contributed by atoms with Crippen molar-refractivity contribution in [2.24, 2.45) is 0 Å². The van der Waals surface area contributed by atoms with E-state index in [2.05, 4.69) is 17.6 Å². The zero-order valence-corrected chi connectivity index (χ0v) is 8.97. The Balaban J connectivity index is 1.98. The predicted octanol–water partition coefficient (Wildman–Crippen LogP) is -0.441. The molecular formula is C10H19N3O. The summed E-state index contributed by atoms with van der Waals surface area (Å²) in [5, 5.41) is 6.46. The molecule has 1 unspecified atom stereocenters. The molecule has 2 atom stereocenters. The Bertz CT molecular complexity index is 232. The van der Waals surface area contributed by atoms with E-state index in [0.29, 0.717) is 0 Å². The Hall–Kier alpha value is -0.610. The number of nitrogens with zero attached hydrogens (tertiary/aromatic N) is 1. The quantitative estimate of drug-likeness (QED) is 0.631. The van der Waals surface area contributed by atoms with Gasteiger partial charge in [0.15, 0.2) is 0 Å². The number of carbonyl (C=O) groups is 1. The molecule has 0 aromatic carbocycles. The van der Waals surface area contributed by atoms with Crippen molar-refractivity contribution in [1.29, 1.82) is 0 Å². The molecule has 0 saturated carbocycles. The summed E-state index contributed by atoms with van der Waals surface area (Å²) in [5.74, 6) is 0.252. The molecule has 80 valence electrons. The first-order valence-electron chi connectivity index (χ1n) is 5.35. The monoisotopic (exact) mass is 197 g/mol. The van der Waals surface area contributed by atoms with Crippen LogP contribution in [0.25, 0.3) is 0 Å². The van der Waals surface area contributed by atoms with Gasteiger partial charge in [-0.15, -0.1) is 0 Å². The highest BCUT2D eigenvalue weighted by atomic mass is 16.2. The predicted molar refractivity (Wildman–Crippen MR) is 55.1 cm³/mol. The Kier molecular flexibility index (Phi) is 2.49. The Morgan fingerprint density at radius 2 is 2.21 bits per heavy atom. The zero-order chi connectivity index (χ0) is 10.2. The molecule has 4 nitrogen and oxygen atoms in total. The van der Waals surface area contributed by atoms with Crippen molar-refractivity contribution in [3.63, 3.8) is 0 Å². The number of hydrogen-bond acceptors (Lipinski definition) is 3. The standard InChI is InChI=1S/C10H19N3O/c1-10(4-6-11-7-10)13(2)9(14)8-3-5-12-8/h8,11-12H,3-7H2,1-2H3/t8-,10?/m1/s1. The fraction of sp³-hybridized carbons (Fsp3) is 0.900. The third kappa shape index (κ3) is 1.53. The molecule has 0 aliphatic carbocycles. The normalized spacial score (nSPS) is 36.6. The second-order valence-electron chi connectivity index (χ2n) is 4.62. The lowest BCUT2D eigenvalue weighted by molar-refractivity contribution is -0.138. The van der Waals surface area contributed by atoms with Gasteiger partial charge in [0, 0.05) is 13.6 Å². The van der Waals surface area contributed by atoms with Crippen molar-refractivity contribution in [2.75, 3.05) is 26.7 Å². The van der Waals surface area contributed by atoms with Gasteiger partial charge in [-0.1, -0.05) is 0 Å². The third-order valence-electron chi connectivity index (χ3n) is 3.61. The largest absolute Gasteiger partial charge is 0.338 e. The van der Waals surface area contributed by atoms with Crippen LogP contribution in [0.15, 0.2) is 0 Å². The molecule has 2 aliphatic rings. The highest BCUT2D eigenvalue weighted by Crippen LogP contribution is 2.22. The molecule has 2 N–H and O–H groups in total. The van der Waals surface area contributed by atoms with E-state index in [-0.39, 0.29) is 17.5 Å². The van der Waals surface area contributed by atoms with Gasteiger partial charge in [-0.25, -0.2) is 0 Å². The smallest absolute Gasteiger partial charge is 0.239 e. The maximum atomic E-state index is 12.0. The summed E-state index contributed by atoms with van der Waals surface area (Å²) in [6, 6.07) is 0.0809. The number of rotatable bonds is 2. The molecule has 2 fully saturated rings. The molecule has 0 radical (unpaired) electrons. The molecule has 14 heavy (non-hydrogen) atoms. The molecule has 0 aromatic heterocycles. The van der Waals surface area contributed by atoms with Crippen molar-refractivity contribution in [2.45, 2.75) is 31.3 Å². The average molecular weight is 197 g/mol. The second-order valence-corrected chi connectivity index (χ2v) is 4.62. The number of likely N-dealkylation sites (N-methyl/N-ethyl adjacent to an activating group) is 1. The van der Waals surface area contributed by atoms with Crippen LogP contribution >= 0.6 is 0 Å². The summed E-state index contributed by atoms with van der Waals surface area (Å²) >= 11 is 0. The van der Waals surface area contributed by atoms with Gasteiger partial charge in [0.2, 0.25) is 5.91 Å². The van der Waals surface area contributed by atoms with E-state index in [0.717, 1.165) is 32.5 Å². The van der Waals surface area contributed by atoms with Crippen molar-refractivity contribution >= 4 is 5.91 Å². The number of carbonyl (C=O) groups excluding carboxylic acids is 1. The Labute approximate surface area is 85.0 Å². The van der Waals surface area contributed by atoms with E-state index in [1.807, 2.05) is 11.9 Å². The number of amides is 1. The van der Waals surface area contributed by atoms with Crippen LogP contribution in [0.2, 0.25) is 0 Å². The van der Waals surface area contributed by atoms with Gasteiger partial charge in [-0.3, -0.25) is 4.79 Å². The fourth-order valence-electron chi connectivity index (χ4n) is 2.09. The summed E-state index contributed by atoms with van der Waals surface area (Å²) in [6.07, 6.45) is 2.05. The first-order valence-corrected chi connectivity index (χ1v) is 5.35. The molecule has 1 amide bonds. The van der Waals surface area contributed by atoms with Crippen LogP contribution < -0.4 is 10.6 Å². The van der Waals surface area contributed by atoms with Gasteiger partial charge < -0.3 is 15.5 Å². The van der Waals surface area contributed by atoms with Crippen LogP contribution in [-0.2, 0) is 4.79 Å². The van der Waals surface area contributed by atoms with Crippen LogP contribution in [0.3, 0.4) is 0 Å². The fourth-order valence-corrected chi connectivity index (χ4v) is 2.09. The van der Waals surface area contributed by atoms with Gasteiger partial charge in [0.05, 0.1) is 11.6 Å². The molecule has 4 heteroatoms. The lowest BCUT2D eigenvalue weighted by Gasteiger charge is -2.39. The molecule has 2 saturated heterocycles. The highest BCUT2D eigenvalue weighted by molar-refractivity contribution is 5.83. The number of nitrogens with one attached hydrogen (secondary N) is 2. The van der Waals surface area contributed by atoms with Gasteiger partial charge in [0.25, 0.3) is 0 Å². The van der Waals surface area contributed by atoms with Crippen LogP contribution in [-0.4, -0.2) is 49.1 Å². The van der Waals surface area contributed by atoms with Crippen molar-refractivity contribution in [3.05, 3.63) is 0 Å². The minimum atomic E-state index is 0.0222. The maximum Gasteiger partial charge on any atom is 0.239 e. The van der Waals surface area contributed by atoms with Crippen molar-refractivity contribution in [3.8, 4) is 0 Å². The lowest BCUT2D eigenvalue weighted by atomic mass is 9.96. The summed E-state index contributed by atoms with van der Waals surface area (Å²) in [7, 11) is 1.93. The summed E-state index contributed by atoms with van der Waals surface area (Å²) in [4.78, 5) is 13.9. The van der Waals surface area contributed by atoms with E-state index in [1.54, 1.807) is 0 Å². The van der Waals surface area contributed by atoms with Crippen LogP contribution in [0, 0.1) is 0 Å². The van der Waals surface area contributed by atoms with Gasteiger partial charge in [-0.2, -0.15) is 0 Å². The molecular weight excluding hydrogens is 178 g/mol. The minimum Gasteiger partial charge on any atom is -0.338 e. The molecule has 0 aromatic rings. The average Bonchev–Trinajstić information content (AvgIpc) is 2.49. The molecule has 2 heterocycles. The van der Waals surface area contributed by atoms with E-state index in [9.17, 15) is 4.79 Å². The summed E-state index contributed by atoms with van der Waals surface area (Å²) in [6.45, 7) is 5.08. The van der Waals surface area contributed by atoms with E-state index >= 15 is 0 Å². The minimum absolute atomic E-state index is 0.0222. The van der Waals surface area contributed by atoms with E-state index in [1.165, 1.54) is 0 Å². The first-order chi connectivity index (χ1) is 6.63. The van der Waals surface area contributed by atoms with Crippen LogP contribution in [0.5, 0.6) is 0 Å². The highest BCUT2D eigenvalue weighted by Gasteiger charge is 2.39. The molecule has 0 bridgehead atoms. The van der Waals surface area contributed by atoms with Gasteiger partial charge in [0.1, 0.15) is 0 Å². The van der Waals surface area contributed by atoms with E-state index < -0.39 is 0 Å². The third-order valence-corrected chi connectivity index (χ3v) is 3.61. The molecule has 2 rings (SSSR count). The SMILES string of the molecule is CN(C(=O)[C@H]1CCN1)C1(C)CCNC1. The molecule has 0 spiro atoms. The second kappa shape index (κ2) is 3.51. The van der Waals surface area contributed by atoms with Crippen LogP contribution in [0.1, 0.15) is 19.8 Å². The first kappa shape index (κ1) is 9.93. The Morgan fingerprint density at radius 1 is 1.50 bits per heavy atom. The topological polar surface area (TPSA) is 44.4 Å². The van der Waals surface area contributed by atoms with Crippen molar-refractivity contribution in [1.82, 2.24) is 15.5 Å². The molecule has 2 aliphatic heterocycles. The Morgan fingerprint density at radius 3 is 2.64 bits per heavy atom. The van der Waals surface area contributed by atoms with Gasteiger partial charge in [-0.05, 0) is 32.9 Å². The summed E-state index contributed by atoms with van der Waals surface area (Å²) < 4.78 is 0. The maximum absolute atomic E-state index is 12.0. The lowest BCUT2D eigenvalue weighted by Crippen LogP contribution is -2.59. The summed E-state index contributed by atoms with van der Waals surface area (Å²) in [5.41, 5.74) is 0.0222. The van der Waals surface area contributed by atoms with Gasteiger partial charge >= 0.3 is 0 Å². The van der Waals surface area contributed by atoms with E-state index in [4.69, 9.17) is 0 Å². The van der Waals surface area contributed by atoms with Crippen molar-refractivity contribution < 1.29 is 4.79 Å². The zero-order valence-electron chi connectivity index (χ0n) is 8.97.